The highest BCUT2D eigenvalue weighted by atomic mass is 32.1. The number of fused-ring (bicyclic) bond motifs is 1. The van der Waals surface area contributed by atoms with Crippen molar-refractivity contribution in [1.29, 1.82) is 0 Å². The van der Waals surface area contributed by atoms with E-state index in [9.17, 15) is 28.8 Å². The Morgan fingerprint density at radius 3 is 2.27 bits per heavy atom. The fraction of sp³-hybridized carbons (Fsp3) is 0.567. The van der Waals surface area contributed by atoms with Crippen molar-refractivity contribution in [3.63, 3.8) is 0 Å². The van der Waals surface area contributed by atoms with Crippen molar-refractivity contribution in [3.05, 3.63) is 91.9 Å². The van der Waals surface area contributed by atoms with Crippen molar-refractivity contribution in [2.24, 2.45) is 5.92 Å². The van der Waals surface area contributed by atoms with Gasteiger partial charge >= 0.3 is 0 Å². The molecule has 0 bridgehead atoms. The molecule has 0 radical (unpaired) electrons. The number of Topliss-reactive ketones (excluding diaryl/α,β-unsaturated/α-hetero) is 1. The fourth-order valence-corrected chi connectivity index (χ4v) is 13.0. The van der Waals surface area contributed by atoms with E-state index in [0.717, 1.165) is 139 Å². The van der Waals surface area contributed by atoms with E-state index in [0.29, 0.717) is 78.0 Å². The molecule has 5 aromatic rings. The average Bonchev–Trinajstić information content (AvgIpc) is 4.40. The van der Waals surface area contributed by atoms with Gasteiger partial charge in [0.25, 0.3) is 5.56 Å². The number of ether oxygens (including phenoxy) is 1. The van der Waals surface area contributed by atoms with Crippen molar-refractivity contribution in [1.82, 2.24) is 44.9 Å². The predicted molar refractivity (Wildman–Crippen MR) is 307 cm³/mol. The summed E-state index contributed by atoms with van der Waals surface area (Å²) >= 11 is 1.41. The summed E-state index contributed by atoms with van der Waals surface area (Å²) in [6.45, 7) is 8.96. The van der Waals surface area contributed by atoms with E-state index in [1.165, 1.54) is 18.3 Å². The number of rotatable bonds is 24. The van der Waals surface area contributed by atoms with Crippen LogP contribution in [-0.2, 0) is 14.4 Å². The number of piperazine rings is 1. The molecule has 1 aromatic carbocycles. The standard InChI is InChI=1S/C60H79N11O7S/c1-39-47-37-63-60(67-55(47)71(44-22-14-15-23-44)58(76)52(39)41(3)72)65-50-28-27-45(36-62-50)68-30-32-69(33-31-68)51(73)26-13-8-6-5-7-9-16-34-78-46-24-17-21-43(35-46)54(74)48-38-79-57(64-48)49-25-18-29-70(49)59(77)53(42-19-11-10-12-20-42)66-56(75)40(2)61-4/h17,21,24,27-28,35-38,40,42,44,49,53,61H,5-16,18-20,22-23,25-26,29-34H2,1-4H3,(H,66,75)(H,62,63,65,67)/t40?,49-,53?/m0/s1. The minimum atomic E-state index is -0.573. The molecule has 3 amide bonds. The van der Waals surface area contributed by atoms with Gasteiger partial charge in [0, 0.05) is 67.7 Å². The molecule has 2 unspecified atom stereocenters. The Bertz CT molecular complexity index is 3000. The number of benzene rings is 1. The summed E-state index contributed by atoms with van der Waals surface area (Å²) in [6.07, 6.45) is 21.7. The molecule has 3 atom stereocenters. The van der Waals surface area contributed by atoms with E-state index >= 15 is 0 Å². The maximum absolute atomic E-state index is 14.2. The lowest BCUT2D eigenvalue weighted by atomic mass is 9.83. The lowest BCUT2D eigenvalue weighted by molar-refractivity contribution is -0.139. The number of aromatic nitrogens is 5. The number of hydrogen-bond donors (Lipinski definition) is 3. The quantitative estimate of drug-likeness (QED) is 0.0388. The molecule has 6 heterocycles. The van der Waals surface area contributed by atoms with Crippen molar-refractivity contribution in [3.8, 4) is 5.75 Å². The third kappa shape index (κ3) is 13.9. The molecule has 2 aliphatic carbocycles. The predicted octanol–water partition coefficient (Wildman–Crippen LogP) is 9.43. The van der Waals surface area contributed by atoms with Crippen LogP contribution < -0.4 is 31.1 Å². The topological polar surface area (TPSA) is 214 Å². The van der Waals surface area contributed by atoms with E-state index in [4.69, 9.17) is 14.7 Å². The number of likely N-dealkylation sites (N-methyl/N-ethyl adjacent to an activating group) is 1. The van der Waals surface area contributed by atoms with Gasteiger partial charge in [-0.15, -0.1) is 11.3 Å². The first-order chi connectivity index (χ1) is 38.4. The fourth-order valence-electron chi connectivity index (χ4n) is 12.0. The maximum atomic E-state index is 14.2. The van der Waals surface area contributed by atoms with Crippen molar-refractivity contribution >= 4 is 69.1 Å². The Morgan fingerprint density at radius 2 is 1.54 bits per heavy atom. The highest BCUT2D eigenvalue weighted by Gasteiger charge is 2.40. The van der Waals surface area contributed by atoms with Gasteiger partial charge in [-0.2, -0.15) is 4.98 Å². The zero-order valence-corrected chi connectivity index (χ0v) is 47.4. The number of carbonyl (C=O) groups is 5. The molecule has 422 valence electrons. The van der Waals surface area contributed by atoms with Gasteiger partial charge in [-0.25, -0.2) is 15.0 Å². The summed E-state index contributed by atoms with van der Waals surface area (Å²) in [6, 6.07) is 9.95. The van der Waals surface area contributed by atoms with E-state index < -0.39 is 12.1 Å². The zero-order valence-electron chi connectivity index (χ0n) is 46.6. The van der Waals surface area contributed by atoms with Gasteiger partial charge in [-0.3, -0.25) is 33.3 Å². The monoisotopic (exact) mass is 1100 g/mol. The van der Waals surface area contributed by atoms with E-state index in [2.05, 4.69) is 30.8 Å². The number of ketones is 2. The van der Waals surface area contributed by atoms with Crippen molar-refractivity contribution in [2.45, 2.75) is 167 Å². The van der Waals surface area contributed by atoms with Gasteiger partial charge in [0.2, 0.25) is 29.5 Å². The minimum absolute atomic E-state index is 0.00211. The molecular weight excluding hydrogens is 1020 g/mol. The summed E-state index contributed by atoms with van der Waals surface area (Å²) in [5.41, 5.74) is 2.91. The number of unbranched alkanes of at least 4 members (excludes halogenated alkanes) is 6. The largest absolute Gasteiger partial charge is 0.494 e. The van der Waals surface area contributed by atoms with Crippen LogP contribution in [0.5, 0.6) is 5.75 Å². The van der Waals surface area contributed by atoms with Crippen LogP contribution in [0.1, 0.15) is 185 Å². The molecule has 4 aliphatic rings. The lowest BCUT2D eigenvalue weighted by Crippen LogP contribution is -2.55. The third-order valence-corrected chi connectivity index (χ3v) is 17.7. The van der Waals surface area contributed by atoms with E-state index in [1.54, 1.807) is 49.2 Å². The van der Waals surface area contributed by atoms with Crippen molar-refractivity contribution in [2.75, 3.05) is 56.6 Å². The van der Waals surface area contributed by atoms with Gasteiger partial charge in [0.15, 0.2) is 5.78 Å². The van der Waals surface area contributed by atoms with Gasteiger partial charge in [0.1, 0.15) is 34.0 Å². The number of anilines is 3. The number of amides is 3. The number of likely N-dealkylation sites (tertiary alicyclic amines) is 1. The van der Waals surface area contributed by atoms with Crippen LogP contribution in [-0.4, -0.2) is 122 Å². The van der Waals surface area contributed by atoms with Gasteiger partial charge < -0.3 is 35.4 Å². The van der Waals surface area contributed by atoms with E-state index in [1.807, 2.05) is 40.3 Å². The van der Waals surface area contributed by atoms with Crippen LogP contribution in [0.25, 0.3) is 11.0 Å². The lowest BCUT2D eigenvalue weighted by Gasteiger charge is -2.36. The number of thiazole rings is 1. The summed E-state index contributed by atoms with van der Waals surface area (Å²) in [5.74, 6) is 1.22. The van der Waals surface area contributed by atoms with Crippen molar-refractivity contribution < 1.29 is 28.7 Å². The first-order valence-corrected chi connectivity index (χ1v) is 30.0. The summed E-state index contributed by atoms with van der Waals surface area (Å²) in [5, 5.41) is 12.5. The number of hydrogen-bond acceptors (Lipinski definition) is 15. The minimum Gasteiger partial charge on any atom is -0.494 e. The molecule has 18 nitrogen and oxygen atoms in total. The molecule has 2 saturated carbocycles. The Hall–Kier alpha value is -6.60. The second-order valence-corrected chi connectivity index (χ2v) is 23.0. The molecule has 0 spiro atoms. The Morgan fingerprint density at radius 1 is 0.810 bits per heavy atom. The molecule has 9 rings (SSSR count). The van der Waals surface area contributed by atoms with Gasteiger partial charge in [0.05, 0.1) is 36.1 Å². The smallest absolute Gasteiger partial charge is 0.263 e. The van der Waals surface area contributed by atoms with E-state index in [-0.39, 0.29) is 58.4 Å². The molecule has 2 aliphatic heterocycles. The summed E-state index contributed by atoms with van der Waals surface area (Å²) in [4.78, 5) is 105. The molecule has 3 N–H and O–H groups in total. The van der Waals surface area contributed by atoms with Crippen LogP contribution in [0, 0.1) is 12.8 Å². The normalized spacial score (nSPS) is 18.0. The molecule has 2 saturated heterocycles. The zero-order chi connectivity index (χ0) is 55.4. The van der Waals surface area contributed by atoms with Gasteiger partial charge in [-0.1, -0.05) is 76.3 Å². The molecule has 4 aromatic heterocycles. The summed E-state index contributed by atoms with van der Waals surface area (Å²) < 4.78 is 7.80. The molecule has 19 heteroatoms. The molecular formula is C60H79N11O7S. The molecule has 79 heavy (non-hydrogen) atoms. The molecule has 4 fully saturated rings. The second kappa shape index (κ2) is 27.0. The first kappa shape index (κ1) is 57.1. The number of carbonyl (C=O) groups excluding carboxylic acids is 5. The van der Waals surface area contributed by atoms with Crippen LogP contribution in [0.15, 0.2) is 59.0 Å². The Labute approximate surface area is 467 Å². The highest BCUT2D eigenvalue weighted by Crippen LogP contribution is 2.37. The summed E-state index contributed by atoms with van der Waals surface area (Å²) in [7, 11) is 1.74. The Kier molecular flexibility index (Phi) is 19.5. The maximum Gasteiger partial charge on any atom is 0.263 e. The van der Waals surface area contributed by atoms with Crippen LogP contribution in [0.3, 0.4) is 0 Å². The Balaban J connectivity index is 0.650. The second-order valence-electron chi connectivity index (χ2n) is 22.1. The van der Waals surface area contributed by atoms with Crippen LogP contribution in [0.2, 0.25) is 0 Å². The van der Waals surface area contributed by atoms with Crippen LogP contribution in [0.4, 0.5) is 17.5 Å². The number of aryl methyl sites for hydroxylation is 1. The number of nitrogens with zero attached hydrogens (tertiary/aromatic N) is 8. The first-order valence-electron chi connectivity index (χ1n) is 29.1. The highest BCUT2D eigenvalue weighted by molar-refractivity contribution is 7.10. The average molecular weight is 1100 g/mol. The third-order valence-electron chi connectivity index (χ3n) is 16.7. The number of nitrogens with one attached hydrogen (secondary N) is 3. The van der Waals surface area contributed by atoms with Crippen LogP contribution >= 0.6 is 11.3 Å². The van der Waals surface area contributed by atoms with Gasteiger partial charge in [-0.05, 0) is 115 Å². The SMILES string of the molecule is CNC(C)C(=O)NC(C(=O)N1CCC[C@H]1c1nc(C(=O)c2cccc(OCCCCCCCCCC(=O)N3CCN(c4ccc(Nc5ncc6c(C)c(C(C)=O)c(=O)n(C7CCCC7)c6n5)nc4)CC3)c2)cs1)C1CCCCC1. The number of pyridine rings is 2.